The van der Waals surface area contributed by atoms with E-state index in [4.69, 9.17) is 9.47 Å². The SMILES string of the molecule is CCOC(=O)c1ccccc1OCC(=O)N[C@@H]1CCCC[C@@H]1C. The average molecular weight is 319 g/mol. The Bertz CT molecular complexity index is 544. The second-order valence-corrected chi connectivity index (χ2v) is 5.94. The maximum absolute atomic E-state index is 12.1. The number of benzene rings is 1. The molecule has 0 aromatic heterocycles. The molecule has 1 aromatic rings. The van der Waals surface area contributed by atoms with Gasteiger partial charge in [-0.25, -0.2) is 4.79 Å². The van der Waals surface area contributed by atoms with Crippen LogP contribution in [-0.2, 0) is 9.53 Å². The van der Waals surface area contributed by atoms with Crippen LogP contribution in [0.5, 0.6) is 5.75 Å². The standard InChI is InChI=1S/C18H25NO4/c1-3-22-18(21)14-9-5-7-11-16(14)23-12-17(20)19-15-10-6-4-8-13(15)2/h5,7,9,11,13,15H,3-4,6,8,10,12H2,1-2H3,(H,19,20)/t13-,15+/m0/s1. The first kappa shape index (κ1) is 17.3. The Balaban J connectivity index is 1.90. The number of rotatable bonds is 6. The van der Waals surface area contributed by atoms with Crippen LogP contribution in [0.4, 0.5) is 0 Å². The molecular weight excluding hydrogens is 294 g/mol. The van der Waals surface area contributed by atoms with Gasteiger partial charge in [0.15, 0.2) is 6.61 Å². The summed E-state index contributed by atoms with van der Waals surface area (Å²) in [5.41, 5.74) is 0.341. The molecule has 0 spiro atoms. The molecule has 0 unspecified atom stereocenters. The van der Waals surface area contributed by atoms with Crippen LogP contribution in [0.25, 0.3) is 0 Å². The molecule has 23 heavy (non-hydrogen) atoms. The van der Waals surface area contributed by atoms with Crippen LogP contribution in [0.3, 0.4) is 0 Å². The van der Waals surface area contributed by atoms with Crippen molar-refractivity contribution in [1.82, 2.24) is 5.32 Å². The zero-order chi connectivity index (χ0) is 16.7. The summed E-state index contributed by atoms with van der Waals surface area (Å²) in [7, 11) is 0. The minimum atomic E-state index is -0.440. The molecule has 5 nitrogen and oxygen atoms in total. The van der Waals surface area contributed by atoms with E-state index in [-0.39, 0.29) is 18.6 Å². The van der Waals surface area contributed by atoms with Gasteiger partial charge >= 0.3 is 5.97 Å². The maximum atomic E-state index is 12.1. The summed E-state index contributed by atoms with van der Waals surface area (Å²) in [6, 6.07) is 7.03. The Labute approximate surface area is 137 Å². The van der Waals surface area contributed by atoms with Crippen molar-refractivity contribution in [3.63, 3.8) is 0 Å². The average Bonchev–Trinajstić information content (AvgIpc) is 2.55. The zero-order valence-corrected chi connectivity index (χ0v) is 13.8. The highest BCUT2D eigenvalue weighted by atomic mass is 16.5. The molecular formula is C18H25NO4. The van der Waals surface area contributed by atoms with Crippen molar-refractivity contribution >= 4 is 11.9 Å². The quantitative estimate of drug-likeness (QED) is 0.819. The molecule has 2 rings (SSSR count). The fourth-order valence-electron chi connectivity index (χ4n) is 2.89. The number of amides is 1. The molecule has 1 saturated carbocycles. The van der Waals surface area contributed by atoms with E-state index in [1.165, 1.54) is 6.42 Å². The molecule has 0 bridgehead atoms. The molecule has 0 saturated heterocycles. The Kier molecular flexibility index (Phi) is 6.44. The van der Waals surface area contributed by atoms with Gasteiger partial charge in [-0.15, -0.1) is 0 Å². The fourth-order valence-corrected chi connectivity index (χ4v) is 2.89. The van der Waals surface area contributed by atoms with Crippen molar-refractivity contribution in [1.29, 1.82) is 0 Å². The molecule has 1 N–H and O–H groups in total. The summed E-state index contributed by atoms with van der Waals surface area (Å²) in [5.74, 6) is 0.282. The van der Waals surface area contributed by atoms with Crippen LogP contribution in [0.1, 0.15) is 49.9 Å². The van der Waals surface area contributed by atoms with E-state index < -0.39 is 5.97 Å². The molecule has 0 heterocycles. The highest BCUT2D eigenvalue weighted by Gasteiger charge is 2.23. The van der Waals surface area contributed by atoms with Gasteiger partial charge in [-0.05, 0) is 37.8 Å². The minimum Gasteiger partial charge on any atom is -0.483 e. The third kappa shape index (κ3) is 4.98. The maximum Gasteiger partial charge on any atom is 0.341 e. The summed E-state index contributed by atoms with van der Waals surface area (Å²) in [6.07, 6.45) is 4.56. The Hall–Kier alpha value is -2.04. The van der Waals surface area contributed by atoms with E-state index in [1.54, 1.807) is 31.2 Å². The zero-order valence-electron chi connectivity index (χ0n) is 13.8. The molecule has 126 valence electrons. The van der Waals surface area contributed by atoms with E-state index in [2.05, 4.69) is 12.2 Å². The van der Waals surface area contributed by atoms with E-state index in [0.717, 1.165) is 19.3 Å². The summed E-state index contributed by atoms with van der Waals surface area (Å²) in [6.45, 7) is 4.12. The normalized spacial score (nSPS) is 20.6. The first-order valence-electron chi connectivity index (χ1n) is 8.30. The van der Waals surface area contributed by atoms with Gasteiger partial charge in [-0.1, -0.05) is 31.9 Å². The third-order valence-electron chi connectivity index (χ3n) is 4.20. The summed E-state index contributed by atoms with van der Waals surface area (Å²) >= 11 is 0. The number of hydrogen-bond acceptors (Lipinski definition) is 4. The molecule has 1 amide bonds. The lowest BCUT2D eigenvalue weighted by molar-refractivity contribution is -0.124. The van der Waals surface area contributed by atoms with Gasteiger partial charge in [0, 0.05) is 6.04 Å². The number of carbonyl (C=O) groups is 2. The highest BCUT2D eigenvalue weighted by molar-refractivity contribution is 5.92. The van der Waals surface area contributed by atoms with E-state index in [0.29, 0.717) is 23.8 Å². The molecule has 1 aliphatic rings. The summed E-state index contributed by atoms with van der Waals surface area (Å²) in [4.78, 5) is 24.0. The van der Waals surface area contributed by atoms with Gasteiger partial charge in [0.1, 0.15) is 11.3 Å². The van der Waals surface area contributed by atoms with E-state index in [1.807, 2.05) is 0 Å². The lowest BCUT2D eigenvalue weighted by atomic mass is 9.86. The Morgan fingerprint density at radius 3 is 2.70 bits per heavy atom. The fraction of sp³-hybridized carbons (Fsp3) is 0.556. The summed E-state index contributed by atoms with van der Waals surface area (Å²) in [5, 5.41) is 3.03. The van der Waals surface area contributed by atoms with Gasteiger partial charge in [0.25, 0.3) is 5.91 Å². The molecule has 1 aromatic carbocycles. The topological polar surface area (TPSA) is 64.6 Å². The van der Waals surface area contributed by atoms with Crippen LogP contribution in [0, 0.1) is 5.92 Å². The lowest BCUT2D eigenvalue weighted by Gasteiger charge is -2.29. The van der Waals surface area contributed by atoms with E-state index in [9.17, 15) is 9.59 Å². The van der Waals surface area contributed by atoms with Crippen LogP contribution < -0.4 is 10.1 Å². The first-order valence-corrected chi connectivity index (χ1v) is 8.30. The van der Waals surface area contributed by atoms with Gasteiger partial charge in [0.05, 0.1) is 6.61 Å². The monoisotopic (exact) mass is 319 g/mol. The second-order valence-electron chi connectivity index (χ2n) is 5.94. The minimum absolute atomic E-state index is 0.0976. The highest BCUT2D eigenvalue weighted by Crippen LogP contribution is 2.24. The first-order chi connectivity index (χ1) is 11.1. The van der Waals surface area contributed by atoms with E-state index >= 15 is 0 Å². The molecule has 0 radical (unpaired) electrons. The Morgan fingerprint density at radius 1 is 1.22 bits per heavy atom. The molecule has 1 fully saturated rings. The molecule has 2 atom stereocenters. The van der Waals surface area contributed by atoms with Crippen LogP contribution in [0.2, 0.25) is 0 Å². The van der Waals surface area contributed by atoms with Crippen LogP contribution in [0.15, 0.2) is 24.3 Å². The third-order valence-corrected chi connectivity index (χ3v) is 4.20. The predicted octanol–water partition coefficient (Wildman–Crippen LogP) is 2.94. The van der Waals surface area contributed by atoms with Gasteiger partial charge in [-0.3, -0.25) is 4.79 Å². The van der Waals surface area contributed by atoms with Crippen molar-refractivity contribution in [2.75, 3.05) is 13.2 Å². The van der Waals surface area contributed by atoms with Crippen LogP contribution in [-0.4, -0.2) is 31.1 Å². The molecule has 0 aliphatic heterocycles. The number of para-hydroxylation sites is 1. The van der Waals surface area contributed by atoms with Crippen molar-refractivity contribution < 1.29 is 19.1 Å². The molecule has 5 heteroatoms. The van der Waals surface area contributed by atoms with Crippen molar-refractivity contribution in [3.8, 4) is 5.75 Å². The van der Waals surface area contributed by atoms with Gasteiger partial charge < -0.3 is 14.8 Å². The van der Waals surface area contributed by atoms with Crippen molar-refractivity contribution in [2.24, 2.45) is 5.92 Å². The number of esters is 1. The number of hydrogen-bond donors (Lipinski definition) is 1. The lowest BCUT2D eigenvalue weighted by Crippen LogP contribution is -2.43. The number of nitrogens with one attached hydrogen (secondary N) is 1. The van der Waals surface area contributed by atoms with Crippen LogP contribution >= 0.6 is 0 Å². The smallest absolute Gasteiger partial charge is 0.341 e. The van der Waals surface area contributed by atoms with Crippen molar-refractivity contribution in [2.45, 2.75) is 45.6 Å². The van der Waals surface area contributed by atoms with Gasteiger partial charge in [-0.2, -0.15) is 0 Å². The summed E-state index contributed by atoms with van der Waals surface area (Å²) < 4.78 is 10.5. The second kappa shape index (κ2) is 8.56. The Morgan fingerprint density at radius 2 is 1.96 bits per heavy atom. The van der Waals surface area contributed by atoms with Crippen molar-refractivity contribution in [3.05, 3.63) is 29.8 Å². The predicted molar refractivity (Wildman–Crippen MR) is 87.5 cm³/mol. The largest absolute Gasteiger partial charge is 0.483 e. The van der Waals surface area contributed by atoms with Gasteiger partial charge in [0.2, 0.25) is 0 Å². The molecule has 1 aliphatic carbocycles. The number of carbonyl (C=O) groups excluding carboxylic acids is 2. The number of ether oxygens (including phenoxy) is 2.